The number of amides is 1. The van der Waals surface area contributed by atoms with E-state index in [1.54, 1.807) is 12.3 Å². The zero-order chi connectivity index (χ0) is 34.5. The molecule has 4 atom stereocenters. The van der Waals surface area contributed by atoms with E-state index >= 15 is 0 Å². The molecule has 0 spiro atoms. The number of hydrogen-bond donors (Lipinski definition) is 3. The molecule has 1 saturated carbocycles. The van der Waals surface area contributed by atoms with Crippen LogP contribution in [0, 0.1) is 11.6 Å². The quantitative estimate of drug-likeness (QED) is 0.108. The van der Waals surface area contributed by atoms with Gasteiger partial charge in [0.1, 0.15) is 30.2 Å². The van der Waals surface area contributed by atoms with E-state index in [0.29, 0.717) is 35.7 Å². The second kappa shape index (κ2) is 15.3. The Bertz CT molecular complexity index is 1700. The highest BCUT2D eigenvalue weighted by molar-refractivity contribution is 5.95. The molecule has 0 radical (unpaired) electrons. The van der Waals surface area contributed by atoms with Crippen molar-refractivity contribution in [2.45, 2.75) is 89.3 Å². The number of nitrogens with zero attached hydrogens (tertiary/aromatic N) is 2. The van der Waals surface area contributed by atoms with Crippen LogP contribution in [0.3, 0.4) is 0 Å². The zero-order valence-electron chi connectivity index (χ0n) is 28.4. The van der Waals surface area contributed by atoms with Gasteiger partial charge in [0.2, 0.25) is 5.89 Å². The van der Waals surface area contributed by atoms with Gasteiger partial charge in [-0.3, -0.25) is 10.1 Å². The number of hydrogen-bond acceptors (Lipinski definition) is 7. The van der Waals surface area contributed by atoms with Gasteiger partial charge < -0.3 is 24.5 Å². The minimum absolute atomic E-state index is 0.0745. The van der Waals surface area contributed by atoms with Crippen molar-refractivity contribution in [2.75, 3.05) is 19.6 Å². The summed E-state index contributed by atoms with van der Waals surface area (Å²) in [5.74, 6) is -1.02. The van der Waals surface area contributed by atoms with E-state index < -0.39 is 36.1 Å². The van der Waals surface area contributed by atoms with Crippen molar-refractivity contribution >= 4 is 5.91 Å². The summed E-state index contributed by atoms with van der Waals surface area (Å²) in [7, 11) is 0. The first-order valence-corrected chi connectivity index (χ1v) is 17.4. The number of carbonyl (C=O) groups excluding carboxylic acids is 1. The number of halogens is 2. The van der Waals surface area contributed by atoms with Gasteiger partial charge in [-0.15, -0.1) is 0 Å². The average Bonchev–Trinajstić information content (AvgIpc) is 4.00. The molecule has 260 valence electrons. The van der Waals surface area contributed by atoms with Crippen molar-refractivity contribution in [3.63, 3.8) is 0 Å². The summed E-state index contributed by atoms with van der Waals surface area (Å²) in [4.78, 5) is 19.8. The fraction of sp³-hybridized carbons (Fsp3) is 0.436. The van der Waals surface area contributed by atoms with Gasteiger partial charge in [-0.25, -0.2) is 13.8 Å². The molecule has 8 nitrogen and oxygen atoms in total. The van der Waals surface area contributed by atoms with E-state index in [1.807, 2.05) is 30.9 Å². The van der Waals surface area contributed by atoms with Gasteiger partial charge in [0, 0.05) is 48.4 Å². The summed E-state index contributed by atoms with van der Waals surface area (Å²) in [5, 5.41) is 18.6. The van der Waals surface area contributed by atoms with Gasteiger partial charge >= 0.3 is 0 Å². The summed E-state index contributed by atoms with van der Waals surface area (Å²) < 4.78 is 40.1. The number of aromatic nitrogens is 1. The number of nitrogens with one attached hydrogen (secondary N) is 2. The maximum absolute atomic E-state index is 14.2. The normalized spacial score (nSPS) is 19.0. The summed E-state index contributed by atoms with van der Waals surface area (Å²) in [6.45, 7) is 7.79. The first-order valence-electron chi connectivity index (χ1n) is 17.4. The van der Waals surface area contributed by atoms with Gasteiger partial charge in [0.25, 0.3) is 5.91 Å². The maximum atomic E-state index is 14.2. The van der Waals surface area contributed by atoms with Crippen LogP contribution in [0.5, 0.6) is 0 Å². The molecular formula is C39H46F2N4O4. The molecule has 0 bridgehead atoms. The van der Waals surface area contributed by atoms with Crippen molar-refractivity contribution < 1.29 is 27.8 Å². The Hall–Kier alpha value is -3.96. The number of epoxide rings is 1. The molecule has 10 heteroatoms. The number of rotatable bonds is 17. The van der Waals surface area contributed by atoms with Gasteiger partial charge in [0.15, 0.2) is 0 Å². The third-order valence-electron chi connectivity index (χ3n) is 9.48. The van der Waals surface area contributed by atoms with Crippen molar-refractivity contribution in [3.8, 4) is 11.5 Å². The SMILES string of the molecule is CCCN(CCC)C(=O)c1cc(-c2ncco2)cc(C2OC2N[C@@H](Cc2cc(F)cc(F)c2)[C@H](O)CNC2(c3cccc(CC)c3)CC2)c1. The molecule has 1 aliphatic carbocycles. The minimum atomic E-state index is -0.907. The van der Waals surface area contributed by atoms with Gasteiger partial charge in [-0.1, -0.05) is 45.0 Å². The van der Waals surface area contributed by atoms with Crippen LogP contribution in [0.15, 0.2) is 77.5 Å². The second-order valence-corrected chi connectivity index (χ2v) is 13.3. The molecule has 3 N–H and O–H groups in total. The highest BCUT2D eigenvalue weighted by Gasteiger charge is 2.46. The van der Waals surface area contributed by atoms with Crippen LogP contribution < -0.4 is 10.6 Å². The van der Waals surface area contributed by atoms with Crippen LogP contribution in [0.4, 0.5) is 8.78 Å². The Balaban J connectivity index is 1.22. The molecule has 1 aliphatic heterocycles. The maximum Gasteiger partial charge on any atom is 0.253 e. The first kappa shape index (κ1) is 34.9. The summed E-state index contributed by atoms with van der Waals surface area (Å²) >= 11 is 0. The predicted molar refractivity (Wildman–Crippen MR) is 184 cm³/mol. The van der Waals surface area contributed by atoms with Gasteiger partial charge in [0.05, 0.1) is 12.3 Å². The minimum Gasteiger partial charge on any atom is -0.445 e. The molecule has 1 amide bonds. The Labute approximate surface area is 286 Å². The van der Waals surface area contributed by atoms with E-state index in [0.717, 1.165) is 43.7 Å². The highest BCUT2D eigenvalue weighted by Crippen LogP contribution is 2.46. The van der Waals surface area contributed by atoms with Crippen molar-refractivity contribution in [1.82, 2.24) is 20.5 Å². The number of oxazole rings is 1. The molecule has 1 saturated heterocycles. The number of aryl methyl sites for hydroxylation is 1. The largest absolute Gasteiger partial charge is 0.445 e. The standard InChI is InChI=1S/C39H46F2N4O4/c1-4-13-45(14-5-2)38(47)29-21-27(20-28(22-29)36-42-12-15-48-36)35-37(49-35)44-33(19-26-17-31(40)23-32(41)18-26)34(46)24-43-39(10-11-39)30-9-7-8-25(6-3)16-30/h7-9,12,15-18,20-23,33-35,37,43-44,46H,4-6,10-11,13-14,19,24H2,1-3H3/t33-,34+,35?,37?/m0/s1. The van der Waals surface area contributed by atoms with Crippen LogP contribution in [0.1, 0.15) is 85.2 Å². The molecule has 2 fully saturated rings. The summed E-state index contributed by atoms with van der Waals surface area (Å²) in [6, 6.07) is 16.9. The number of aliphatic hydroxyl groups is 1. The smallest absolute Gasteiger partial charge is 0.253 e. The lowest BCUT2D eigenvalue weighted by Gasteiger charge is -2.27. The zero-order valence-corrected chi connectivity index (χ0v) is 28.4. The molecular weight excluding hydrogens is 626 g/mol. The molecule has 4 aromatic rings. The Kier molecular flexibility index (Phi) is 10.9. The van der Waals surface area contributed by atoms with E-state index in [9.17, 15) is 18.7 Å². The molecule has 2 heterocycles. The summed E-state index contributed by atoms with van der Waals surface area (Å²) in [6.07, 6.45) is 5.94. The van der Waals surface area contributed by atoms with Crippen LogP contribution in [0.2, 0.25) is 0 Å². The topological polar surface area (TPSA) is 103 Å². The van der Waals surface area contributed by atoms with Crippen LogP contribution >= 0.6 is 0 Å². The van der Waals surface area contributed by atoms with Gasteiger partial charge in [-0.05, 0) is 91.1 Å². The van der Waals surface area contributed by atoms with Crippen LogP contribution in [-0.4, -0.2) is 58.9 Å². The first-order chi connectivity index (χ1) is 23.7. The molecule has 6 rings (SSSR count). The fourth-order valence-electron chi connectivity index (χ4n) is 6.68. The number of benzene rings is 3. The van der Waals surface area contributed by atoms with Crippen molar-refractivity contribution in [3.05, 3.63) is 113 Å². The second-order valence-electron chi connectivity index (χ2n) is 13.3. The number of ether oxygens (including phenoxy) is 1. The van der Waals surface area contributed by atoms with Crippen LogP contribution in [-0.2, 0) is 23.1 Å². The van der Waals surface area contributed by atoms with E-state index in [-0.39, 0.29) is 24.4 Å². The summed E-state index contributed by atoms with van der Waals surface area (Å²) in [5.41, 5.74) is 4.62. The molecule has 49 heavy (non-hydrogen) atoms. The molecule has 3 aromatic carbocycles. The molecule has 2 aliphatic rings. The van der Waals surface area contributed by atoms with E-state index in [1.165, 1.54) is 29.5 Å². The lowest BCUT2D eigenvalue weighted by Crippen LogP contribution is -2.49. The average molecular weight is 673 g/mol. The Morgan fingerprint density at radius 1 is 1.02 bits per heavy atom. The van der Waals surface area contributed by atoms with Crippen LogP contribution in [0.25, 0.3) is 11.5 Å². The fourth-order valence-corrected chi connectivity index (χ4v) is 6.68. The highest BCUT2D eigenvalue weighted by atomic mass is 19.1. The predicted octanol–water partition coefficient (Wildman–Crippen LogP) is 6.68. The van der Waals surface area contributed by atoms with Crippen molar-refractivity contribution in [1.29, 1.82) is 0 Å². The number of carbonyl (C=O) groups is 1. The molecule has 1 aromatic heterocycles. The Morgan fingerprint density at radius 2 is 1.78 bits per heavy atom. The van der Waals surface area contributed by atoms with E-state index in [4.69, 9.17) is 9.15 Å². The number of aliphatic hydroxyl groups excluding tert-OH is 1. The third kappa shape index (κ3) is 8.44. The molecule has 2 unspecified atom stereocenters. The van der Waals surface area contributed by atoms with Crippen molar-refractivity contribution in [2.24, 2.45) is 0 Å². The van der Waals surface area contributed by atoms with E-state index in [2.05, 4.69) is 46.8 Å². The lowest BCUT2D eigenvalue weighted by atomic mass is 9.98. The Morgan fingerprint density at radius 3 is 2.43 bits per heavy atom. The lowest BCUT2D eigenvalue weighted by molar-refractivity contribution is 0.0755. The third-order valence-corrected chi connectivity index (χ3v) is 9.48. The monoisotopic (exact) mass is 672 g/mol. The van der Waals surface area contributed by atoms with Gasteiger partial charge in [-0.2, -0.15) is 0 Å².